The van der Waals surface area contributed by atoms with E-state index >= 15 is 0 Å². The number of amides is 1. The van der Waals surface area contributed by atoms with Crippen LogP contribution in [0.3, 0.4) is 0 Å². The number of carbonyl (C=O) groups is 1. The third-order valence-corrected chi connectivity index (χ3v) is 4.48. The van der Waals surface area contributed by atoms with Gasteiger partial charge in [-0.15, -0.1) is 11.3 Å². The minimum atomic E-state index is -0.372. The van der Waals surface area contributed by atoms with Crippen molar-refractivity contribution in [2.45, 2.75) is 0 Å². The number of rotatable bonds is 2. The van der Waals surface area contributed by atoms with Gasteiger partial charge in [-0.25, -0.2) is 0 Å². The fourth-order valence-electron chi connectivity index (χ4n) is 1.35. The summed E-state index contributed by atoms with van der Waals surface area (Å²) in [6.45, 7) is 0. The molecule has 0 atom stereocenters. The van der Waals surface area contributed by atoms with Crippen molar-refractivity contribution in [1.82, 2.24) is 5.32 Å². The Labute approximate surface area is 139 Å². The van der Waals surface area contributed by atoms with Crippen LogP contribution in [0.2, 0.25) is 14.4 Å². The molecule has 0 saturated carbocycles. The van der Waals surface area contributed by atoms with Crippen molar-refractivity contribution in [3.05, 3.63) is 49.6 Å². The quantitative estimate of drug-likeness (QED) is 0.749. The smallest absolute Gasteiger partial charge is 0.267 e. The van der Waals surface area contributed by atoms with Crippen LogP contribution in [0.1, 0.15) is 9.67 Å². The average molecular weight is 366 g/mol. The van der Waals surface area contributed by atoms with Crippen molar-refractivity contribution >= 4 is 75.1 Å². The van der Waals surface area contributed by atoms with Gasteiger partial charge in [-0.3, -0.25) is 10.1 Å². The molecule has 20 heavy (non-hydrogen) atoms. The lowest BCUT2D eigenvalue weighted by Gasteiger charge is -2.08. The fraction of sp³-hybridized carbons (Fsp3) is 0. The number of anilines is 1. The van der Waals surface area contributed by atoms with Gasteiger partial charge in [-0.2, -0.15) is 0 Å². The van der Waals surface area contributed by atoms with Crippen LogP contribution in [-0.2, 0) is 0 Å². The predicted molar refractivity (Wildman–Crippen MR) is 89.5 cm³/mol. The highest BCUT2D eigenvalue weighted by atomic mass is 35.5. The SMILES string of the molecule is O=C(NC(=S)Nc1cccc(Cl)c1)c1cc(Cl)c(Cl)s1. The lowest BCUT2D eigenvalue weighted by atomic mass is 10.3. The Bertz CT molecular complexity index is 653. The van der Waals surface area contributed by atoms with Crippen molar-refractivity contribution in [2.75, 3.05) is 5.32 Å². The van der Waals surface area contributed by atoms with E-state index in [-0.39, 0.29) is 11.0 Å². The summed E-state index contributed by atoms with van der Waals surface area (Å²) in [5.74, 6) is -0.372. The van der Waals surface area contributed by atoms with Crippen molar-refractivity contribution in [2.24, 2.45) is 0 Å². The van der Waals surface area contributed by atoms with E-state index in [4.69, 9.17) is 47.0 Å². The van der Waals surface area contributed by atoms with E-state index in [1.54, 1.807) is 24.3 Å². The summed E-state index contributed by atoms with van der Waals surface area (Å²) in [6, 6.07) is 8.48. The maximum Gasteiger partial charge on any atom is 0.267 e. The van der Waals surface area contributed by atoms with Crippen LogP contribution < -0.4 is 10.6 Å². The molecular formula is C12H7Cl3N2OS2. The predicted octanol–water partition coefficient (Wildman–Crippen LogP) is 4.84. The number of thiophene rings is 1. The van der Waals surface area contributed by atoms with Crippen LogP contribution in [0.5, 0.6) is 0 Å². The molecular weight excluding hydrogens is 359 g/mol. The van der Waals surface area contributed by atoms with Crippen LogP contribution in [0.4, 0.5) is 5.69 Å². The Hall–Kier alpha value is -0.850. The van der Waals surface area contributed by atoms with Gasteiger partial charge in [0.05, 0.1) is 9.90 Å². The Kier molecular flexibility index (Phi) is 5.23. The van der Waals surface area contributed by atoms with Crippen LogP contribution >= 0.6 is 58.4 Å². The average Bonchev–Trinajstić information content (AvgIpc) is 2.69. The van der Waals surface area contributed by atoms with Crippen LogP contribution in [0.25, 0.3) is 0 Å². The fourth-order valence-corrected chi connectivity index (χ4v) is 3.02. The number of thiocarbonyl (C=S) groups is 1. The van der Waals surface area contributed by atoms with Crippen LogP contribution in [0.15, 0.2) is 30.3 Å². The zero-order chi connectivity index (χ0) is 14.7. The minimum absolute atomic E-state index is 0.165. The second-order valence-electron chi connectivity index (χ2n) is 3.65. The van der Waals surface area contributed by atoms with Gasteiger partial charge in [-0.05, 0) is 36.5 Å². The second-order valence-corrected chi connectivity index (χ2v) is 6.56. The van der Waals surface area contributed by atoms with E-state index in [1.165, 1.54) is 6.07 Å². The van der Waals surface area contributed by atoms with Crippen molar-refractivity contribution in [1.29, 1.82) is 0 Å². The van der Waals surface area contributed by atoms with E-state index < -0.39 is 0 Å². The van der Waals surface area contributed by atoms with Crippen molar-refractivity contribution < 1.29 is 4.79 Å². The van der Waals surface area contributed by atoms with Gasteiger partial charge in [0.1, 0.15) is 4.34 Å². The van der Waals surface area contributed by atoms with Crippen LogP contribution in [0, 0.1) is 0 Å². The molecule has 0 bridgehead atoms. The number of hydrogen-bond donors (Lipinski definition) is 2. The highest BCUT2D eigenvalue weighted by molar-refractivity contribution is 7.80. The molecule has 2 rings (SSSR count). The first-order chi connectivity index (χ1) is 9.45. The van der Waals surface area contributed by atoms with Gasteiger partial charge in [0.2, 0.25) is 0 Å². The Balaban J connectivity index is 1.99. The Morgan fingerprint density at radius 3 is 2.55 bits per heavy atom. The zero-order valence-corrected chi connectivity index (χ0v) is 13.6. The van der Waals surface area contributed by atoms with Gasteiger partial charge >= 0.3 is 0 Å². The lowest BCUT2D eigenvalue weighted by molar-refractivity contribution is 0.0981. The number of nitrogens with one attached hydrogen (secondary N) is 2. The highest BCUT2D eigenvalue weighted by Crippen LogP contribution is 2.31. The molecule has 8 heteroatoms. The number of halogens is 3. The molecule has 0 spiro atoms. The summed E-state index contributed by atoms with van der Waals surface area (Å²) in [4.78, 5) is 12.3. The molecule has 0 aliphatic heterocycles. The lowest BCUT2D eigenvalue weighted by Crippen LogP contribution is -2.33. The topological polar surface area (TPSA) is 41.1 Å². The molecule has 0 saturated heterocycles. The molecule has 1 amide bonds. The molecule has 0 unspecified atom stereocenters. The molecule has 1 aromatic heterocycles. The molecule has 1 heterocycles. The maximum absolute atomic E-state index is 11.9. The molecule has 0 aliphatic carbocycles. The summed E-state index contributed by atoms with van der Waals surface area (Å²) >= 11 is 23.6. The molecule has 2 aromatic rings. The van der Waals surface area contributed by atoms with Gasteiger partial charge in [-0.1, -0.05) is 40.9 Å². The van der Waals surface area contributed by atoms with E-state index in [1.807, 2.05) is 0 Å². The first-order valence-corrected chi connectivity index (χ1v) is 7.64. The summed E-state index contributed by atoms with van der Waals surface area (Å²) < 4.78 is 0.366. The van der Waals surface area contributed by atoms with Gasteiger partial charge in [0.25, 0.3) is 5.91 Å². The first kappa shape index (κ1) is 15.5. The normalized spacial score (nSPS) is 10.2. The Morgan fingerprint density at radius 2 is 1.95 bits per heavy atom. The summed E-state index contributed by atoms with van der Waals surface area (Å²) in [5.41, 5.74) is 0.685. The van der Waals surface area contributed by atoms with E-state index in [0.29, 0.717) is 24.9 Å². The van der Waals surface area contributed by atoms with Crippen molar-refractivity contribution in [3.8, 4) is 0 Å². The molecule has 2 N–H and O–H groups in total. The minimum Gasteiger partial charge on any atom is -0.332 e. The summed E-state index contributed by atoms with van der Waals surface area (Å²) in [6.07, 6.45) is 0. The van der Waals surface area contributed by atoms with Gasteiger partial charge in [0, 0.05) is 10.7 Å². The standard InChI is InChI=1S/C12H7Cl3N2OS2/c13-6-2-1-3-7(4-6)16-12(19)17-11(18)9-5-8(14)10(15)20-9/h1-5H,(H2,16,17,18,19). The van der Waals surface area contributed by atoms with Crippen molar-refractivity contribution in [3.63, 3.8) is 0 Å². The summed E-state index contributed by atoms with van der Waals surface area (Å²) in [7, 11) is 0. The number of carbonyl (C=O) groups excluding carboxylic acids is 1. The summed E-state index contributed by atoms with van der Waals surface area (Å²) in [5, 5.41) is 6.47. The first-order valence-electron chi connectivity index (χ1n) is 5.28. The molecule has 1 aromatic carbocycles. The highest BCUT2D eigenvalue weighted by Gasteiger charge is 2.13. The molecule has 3 nitrogen and oxygen atoms in total. The van der Waals surface area contributed by atoms with Gasteiger partial charge < -0.3 is 5.32 Å². The van der Waals surface area contributed by atoms with Crippen LogP contribution in [-0.4, -0.2) is 11.0 Å². The molecule has 104 valence electrons. The Morgan fingerprint density at radius 1 is 1.20 bits per heavy atom. The van der Waals surface area contributed by atoms with E-state index in [0.717, 1.165) is 11.3 Å². The maximum atomic E-state index is 11.9. The third-order valence-electron chi connectivity index (χ3n) is 2.18. The zero-order valence-electron chi connectivity index (χ0n) is 9.75. The van der Waals surface area contributed by atoms with Gasteiger partial charge in [0.15, 0.2) is 5.11 Å². The second kappa shape index (κ2) is 6.74. The molecule has 0 fully saturated rings. The van der Waals surface area contributed by atoms with E-state index in [9.17, 15) is 4.79 Å². The van der Waals surface area contributed by atoms with E-state index in [2.05, 4.69) is 10.6 Å². The largest absolute Gasteiger partial charge is 0.332 e. The molecule has 0 aliphatic rings. The number of hydrogen-bond acceptors (Lipinski definition) is 3. The molecule has 0 radical (unpaired) electrons. The number of benzene rings is 1. The monoisotopic (exact) mass is 364 g/mol. The third kappa shape index (κ3) is 4.07.